The first-order valence-corrected chi connectivity index (χ1v) is 12.3. The first-order valence-electron chi connectivity index (χ1n) is 12.3. The number of para-hydroxylation sites is 2. The van der Waals surface area contributed by atoms with E-state index in [9.17, 15) is 9.59 Å². The molecule has 8 heteroatoms. The van der Waals surface area contributed by atoms with Gasteiger partial charge in [-0.15, -0.1) is 5.06 Å². The fourth-order valence-electron chi connectivity index (χ4n) is 4.11. The van der Waals surface area contributed by atoms with Crippen molar-refractivity contribution in [2.75, 3.05) is 40.0 Å². The molecule has 0 aliphatic carbocycles. The number of methoxy groups -OCH3 is 1. The van der Waals surface area contributed by atoms with Crippen molar-refractivity contribution in [3.05, 3.63) is 60.2 Å². The molecule has 1 aliphatic heterocycles. The predicted molar refractivity (Wildman–Crippen MR) is 133 cm³/mol. The van der Waals surface area contributed by atoms with Crippen LogP contribution < -0.4 is 9.38 Å². The zero-order valence-electron chi connectivity index (χ0n) is 21.0. The minimum atomic E-state index is -1.03. The van der Waals surface area contributed by atoms with Crippen LogP contribution in [0, 0.1) is 5.92 Å². The van der Waals surface area contributed by atoms with Crippen LogP contribution in [0.1, 0.15) is 38.7 Å². The number of carbonyl (C=O) groups is 2. The van der Waals surface area contributed by atoms with Crippen molar-refractivity contribution in [3.8, 4) is 5.75 Å². The smallest absolute Gasteiger partial charge is 0.476 e. The van der Waals surface area contributed by atoms with Crippen LogP contribution in [0.25, 0.3) is 0 Å². The minimum Gasteiger partial charge on any atom is -0.496 e. The van der Waals surface area contributed by atoms with Crippen LogP contribution in [0.5, 0.6) is 5.75 Å². The van der Waals surface area contributed by atoms with Crippen molar-refractivity contribution in [1.29, 1.82) is 0 Å². The fourth-order valence-corrected chi connectivity index (χ4v) is 4.11. The summed E-state index contributed by atoms with van der Waals surface area (Å²) in [6.07, 6.45) is 2.47. The Morgan fingerprint density at radius 2 is 1.66 bits per heavy atom. The highest BCUT2D eigenvalue weighted by molar-refractivity contribution is 6.29. The van der Waals surface area contributed by atoms with Gasteiger partial charge in [-0.2, -0.15) is 0 Å². The third kappa shape index (κ3) is 7.78. The van der Waals surface area contributed by atoms with Crippen LogP contribution in [0.2, 0.25) is 0 Å². The molecular weight excluding hydrogens is 448 g/mol. The van der Waals surface area contributed by atoms with E-state index >= 15 is 0 Å². The van der Waals surface area contributed by atoms with Gasteiger partial charge in [0.25, 0.3) is 0 Å². The van der Waals surface area contributed by atoms with Gasteiger partial charge in [0.2, 0.25) is 0 Å². The Labute approximate surface area is 207 Å². The maximum absolute atomic E-state index is 13.0. The number of hydroxylamine groups is 4. The lowest BCUT2D eigenvalue weighted by molar-refractivity contribution is -0.215. The number of benzene rings is 2. The van der Waals surface area contributed by atoms with Gasteiger partial charge in [-0.25, -0.2) is 9.59 Å². The second kappa shape index (κ2) is 13.2. The Bertz CT molecular complexity index is 946. The molecule has 1 saturated heterocycles. The molecule has 2 aromatic carbocycles. The number of rotatable bonds is 12. The van der Waals surface area contributed by atoms with E-state index in [1.54, 1.807) is 7.11 Å². The molecule has 1 fully saturated rings. The molecule has 2 aromatic rings. The molecule has 0 spiro atoms. The Morgan fingerprint density at radius 3 is 2.34 bits per heavy atom. The second-order valence-electron chi connectivity index (χ2n) is 9.13. The lowest BCUT2D eigenvalue weighted by Crippen LogP contribution is -2.52. The molecule has 0 bridgehead atoms. The van der Waals surface area contributed by atoms with Gasteiger partial charge in [0, 0.05) is 38.2 Å². The van der Waals surface area contributed by atoms with Gasteiger partial charge in [-0.1, -0.05) is 48.8 Å². The Morgan fingerprint density at radius 1 is 0.971 bits per heavy atom. The standard InChI is InChI=1S/C27H37N2O6/c1-22(2)21-33-19-11-18-29(24-13-5-4-6-14-24,20-23-12-7-8-15-25(23)32-3)35-27(31)26(30)34-28-16-9-10-17-28/h4-8,12-15,22H,9-11,16-21H2,1-3H3/q+1. The Kier molecular flexibility index (Phi) is 10.1. The number of quaternary nitrogens is 1. The van der Waals surface area contributed by atoms with Crippen molar-refractivity contribution in [3.63, 3.8) is 0 Å². The van der Waals surface area contributed by atoms with Crippen molar-refractivity contribution in [1.82, 2.24) is 9.71 Å². The van der Waals surface area contributed by atoms with E-state index in [1.807, 2.05) is 54.6 Å². The summed E-state index contributed by atoms with van der Waals surface area (Å²) in [6.45, 7) is 7.27. The Balaban J connectivity index is 1.89. The third-order valence-corrected chi connectivity index (χ3v) is 5.81. The van der Waals surface area contributed by atoms with E-state index in [0.29, 0.717) is 50.9 Å². The summed E-state index contributed by atoms with van der Waals surface area (Å²) >= 11 is 0. The lowest BCUT2D eigenvalue weighted by atomic mass is 10.1. The number of hydrogen-bond acceptors (Lipinski definition) is 7. The van der Waals surface area contributed by atoms with Crippen molar-refractivity contribution in [2.45, 2.75) is 39.7 Å². The van der Waals surface area contributed by atoms with Crippen molar-refractivity contribution >= 4 is 17.6 Å². The average molecular weight is 486 g/mol. The van der Waals surface area contributed by atoms with E-state index in [-0.39, 0.29) is 11.2 Å². The summed E-state index contributed by atoms with van der Waals surface area (Å²) in [5.74, 6) is -0.937. The molecule has 0 amide bonds. The molecule has 190 valence electrons. The second-order valence-corrected chi connectivity index (χ2v) is 9.13. The topological polar surface area (TPSA) is 74.3 Å². The number of ether oxygens (including phenoxy) is 2. The monoisotopic (exact) mass is 485 g/mol. The maximum atomic E-state index is 13.0. The molecular formula is C27H37N2O6+. The molecule has 1 aliphatic rings. The maximum Gasteiger partial charge on any atom is 0.476 e. The van der Waals surface area contributed by atoms with E-state index in [1.165, 1.54) is 5.06 Å². The first-order chi connectivity index (χ1) is 16.9. The average Bonchev–Trinajstić information content (AvgIpc) is 3.37. The zero-order chi connectivity index (χ0) is 25.1. The van der Waals surface area contributed by atoms with Crippen LogP contribution >= 0.6 is 0 Å². The lowest BCUT2D eigenvalue weighted by Gasteiger charge is -2.34. The van der Waals surface area contributed by atoms with Gasteiger partial charge in [-0.3, -0.25) is 4.84 Å². The fraction of sp³-hybridized carbons (Fsp3) is 0.481. The summed E-state index contributed by atoms with van der Waals surface area (Å²) in [4.78, 5) is 37.0. The van der Waals surface area contributed by atoms with Crippen LogP contribution in [-0.2, 0) is 30.5 Å². The largest absolute Gasteiger partial charge is 0.496 e. The van der Waals surface area contributed by atoms with E-state index < -0.39 is 11.9 Å². The van der Waals surface area contributed by atoms with Crippen LogP contribution in [0.4, 0.5) is 5.69 Å². The van der Waals surface area contributed by atoms with Gasteiger partial charge >= 0.3 is 11.9 Å². The SMILES string of the molecule is COc1ccccc1C[N+](CCCOCC(C)C)(OC(=O)C(=O)ON1CCCC1)c1ccccc1. The highest BCUT2D eigenvalue weighted by Crippen LogP contribution is 2.31. The van der Waals surface area contributed by atoms with Gasteiger partial charge in [0.05, 0.1) is 19.3 Å². The van der Waals surface area contributed by atoms with Crippen molar-refractivity contribution in [2.24, 2.45) is 5.92 Å². The molecule has 0 saturated carbocycles. The summed E-state index contributed by atoms with van der Waals surface area (Å²) in [5, 5.41) is 1.51. The zero-order valence-corrected chi connectivity index (χ0v) is 21.0. The van der Waals surface area contributed by atoms with Crippen LogP contribution in [-0.4, -0.2) is 57.0 Å². The summed E-state index contributed by atoms with van der Waals surface area (Å²) in [7, 11) is 1.61. The molecule has 1 heterocycles. The molecule has 3 rings (SSSR count). The summed E-state index contributed by atoms with van der Waals surface area (Å²) in [6, 6.07) is 17.0. The number of hydrogen-bond donors (Lipinski definition) is 0. The number of nitrogens with zero attached hydrogens (tertiary/aromatic N) is 2. The molecule has 1 atom stereocenters. The summed E-state index contributed by atoms with van der Waals surface area (Å²) in [5.41, 5.74) is 1.59. The minimum absolute atomic E-state index is 0.222. The molecule has 35 heavy (non-hydrogen) atoms. The van der Waals surface area contributed by atoms with Gasteiger partial charge in [0.1, 0.15) is 12.3 Å². The highest BCUT2D eigenvalue weighted by atomic mass is 16.8. The van der Waals surface area contributed by atoms with Gasteiger partial charge < -0.3 is 14.3 Å². The molecule has 0 aromatic heterocycles. The predicted octanol–water partition coefficient (Wildman–Crippen LogP) is 4.28. The van der Waals surface area contributed by atoms with E-state index in [2.05, 4.69) is 13.8 Å². The first kappa shape index (κ1) is 26.7. The van der Waals surface area contributed by atoms with Crippen LogP contribution in [0.15, 0.2) is 54.6 Å². The normalized spacial score (nSPS) is 15.5. The highest BCUT2D eigenvalue weighted by Gasteiger charge is 2.40. The number of carbonyl (C=O) groups excluding carboxylic acids is 2. The van der Waals surface area contributed by atoms with E-state index in [4.69, 9.17) is 19.1 Å². The molecule has 8 nitrogen and oxygen atoms in total. The quantitative estimate of drug-likeness (QED) is 0.192. The molecule has 0 N–H and O–H groups in total. The van der Waals surface area contributed by atoms with Crippen LogP contribution in [0.3, 0.4) is 0 Å². The van der Waals surface area contributed by atoms with E-state index in [0.717, 1.165) is 24.1 Å². The molecule has 1 unspecified atom stereocenters. The third-order valence-electron chi connectivity index (χ3n) is 5.81. The van der Waals surface area contributed by atoms with Gasteiger partial charge in [0.15, 0.2) is 12.2 Å². The van der Waals surface area contributed by atoms with Crippen molar-refractivity contribution < 1.29 is 28.7 Å². The van der Waals surface area contributed by atoms with Gasteiger partial charge in [-0.05, 0) is 30.9 Å². The Hall–Kier alpha value is -2.94. The molecule has 0 radical (unpaired) electrons. The summed E-state index contributed by atoms with van der Waals surface area (Å²) < 4.78 is 11.1.